The molecular formula is C27H37BCl2N3O10S2. The number of anilines is 3. The molecule has 2 amide bonds. The molecule has 45 heavy (non-hydrogen) atoms. The molecule has 0 aromatic heterocycles. The summed E-state index contributed by atoms with van der Waals surface area (Å²) in [6.07, 6.45) is 0. The van der Waals surface area contributed by atoms with Crippen LogP contribution in [0.5, 0.6) is 17.2 Å². The fraction of sp³-hybridized carbons (Fsp3) is 0.259. The fourth-order valence-corrected chi connectivity index (χ4v) is 3.69. The Bertz CT molecular complexity index is 1590. The van der Waals surface area contributed by atoms with Gasteiger partial charge >= 0.3 is 9.33 Å². The number of aryl methyl sites for hydroxylation is 1. The minimum absolute atomic E-state index is 0. The van der Waals surface area contributed by atoms with E-state index in [0.717, 1.165) is 11.3 Å². The second-order valence-corrected chi connectivity index (χ2v) is 12.6. The summed E-state index contributed by atoms with van der Waals surface area (Å²) in [5.41, 5.74) is 8.42. The van der Waals surface area contributed by atoms with E-state index in [1.807, 2.05) is 37.3 Å². The average molecular weight is 709 g/mol. The van der Waals surface area contributed by atoms with Crippen LogP contribution in [0.4, 0.5) is 17.1 Å². The Hall–Kier alpha value is -3.70. The number of halogens is 2. The molecule has 13 nitrogen and oxygen atoms in total. The smallest absolute Gasteiger partial charge is 0.353 e. The number of amides is 2. The predicted octanol–water partition coefficient (Wildman–Crippen LogP) is 5.10. The molecule has 0 saturated carbocycles. The molecule has 0 aliphatic carbocycles. The first kappa shape index (κ1) is 45.7. The maximum Gasteiger partial charge on any atom is 0.353 e. The molecule has 0 heterocycles. The molecule has 0 aliphatic heterocycles. The van der Waals surface area contributed by atoms with Crippen molar-refractivity contribution in [3.05, 3.63) is 66.2 Å². The molecule has 0 unspecified atom stereocenters. The Labute approximate surface area is 275 Å². The summed E-state index contributed by atoms with van der Waals surface area (Å²) in [7, 11) is 5.82. The summed E-state index contributed by atoms with van der Waals surface area (Å²) in [6.45, 7) is 4.77. The van der Waals surface area contributed by atoms with Gasteiger partial charge in [0.05, 0.1) is 43.3 Å². The van der Waals surface area contributed by atoms with Gasteiger partial charge in [-0.15, -0.1) is 0 Å². The normalized spacial score (nSPS) is 9.71. The molecule has 3 rings (SSSR count). The zero-order valence-electron chi connectivity index (χ0n) is 24.6. The van der Waals surface area contributed by atoms with Crippen LogP contribution in [0.1, 0.15) is 26.8 Å². The van der Waals surface area contributed by atoms with Crippen molar-refractivity contribution in [2.24, 2.45) is 0 Å². The Morgan fingerprint density at radius 1 is 0.756 bits per heavy atom. The van der Waals surface area contributed by atoms with Gasteiger partial charge in [0.25, 0.3) is 9.05 Å². The number of rotatable bonds is 6. The average Bonchev–Trinajstić information content (AvgIpc) is 2.88. The van der Waals surface area contributed by atoms with Crippen molar-refractivity contribution >= 4 is 77.0 Å². The number of ether oxygens (including phenoxy) is 3. The Balaban J connectivity index is -0.000000546. The van der Waals surface area contributed by atoms with Crippen LogP contribution in [0.25, 0.3) is 0 Å². The van der Waals surface area contributed by atoms with Crippen LogP contribution in [-0.4, -0.2) is 62.9 Å². The highest BCUT2D eigenvalue weighted by Crippen LogP contribution is 2.29. The molecule has 0 fully saturated rings. The van der Waals surface area contributed by atoms with E-state index in [0.29, 0.717) is 22.9 Å². The van der Waals surface area contributed by atoms with Gasteiger partial charge in [-0.2, -0.15) is 8.42 Å². The van der Waals surface area contributed by atoms with Crippen LogP contribution in [0.15, 0.2) is 65.6 Å². The Morgan fingerprint density at radius 3 is 1.60 bits per heavy atom. The lowest BCUT2D eigenvalue weighted by Gasteiger charge is -2.09. The number of methoxy groups -OCH3 is 3. The highest BCUT2D eigenvalue weighted by atomic mass is 35.7. The van der Waals surface area contributed by atoms with Crippen molar-refractivity contribution in [3.63, 3.8) is 0 Å². The van der Waals surface area contributed by atoms with Gasteiger partial charge in [-0.05, 0) is 55.0 Å². The second kappa shape index (κ2) is 21.9. The minimum Gasteiger partial charge on any atom is -0.495 e. The lowest BCUT2D eigenvalue weighted by Crippen LogP contribution is -2.07. The van der Waals surface area contributed by atoms with Crippen molar-refractivity contribution in [2.75, 3.05) is 37.7 Å². The number of hydrogen-bond acceptors (Lipinski definition) is 10. The standard InChI is InChI=1S/C9H10ClNO4S.C9H11NO2.C8H11NO.CH4.B.ClHO3S/c1-6(12)11-8-5-7(16(10,13)14)3-4-9(8)15-2;1-7(11)10-8-5-3-4-6-9(8)12-2;1-6-3-4-8(10-2)7(9)5-6;;;1-5(2,3)4/h3-5H,1-2H3,(H,11,12);3-6H,1-2H3,(H,10,11);3-5H,9H2,1-2H3;1H4;;(H,2,3,4). The van der Waals surface area contributed by atoms with E-state index in [4.69, 9.17) is 43.6 Å². The van der Waals surface area contributed by atoms with E-state index in [-0.39, 0.29) is 38.2 Å². The topological polar surface area (TPSA) is 200 Å². The summed E-state index contributed by atoms with van der Waals surface area (Å²) >= 11 is 0. The molecule has 0 aliphatic rings. The minimum atomic E-state index is -4.19. The summed E-state index contributed by atoms with van der Waals surface area (Å²) in [5.74, 6) is 1.35. The van der Waals surface area contributed by atoms with Gasteiger partial charge < -0.3 is 30.6 Å². The molecule has 3 radical (unpaired) electrons. The maximum absolute atomic E-state index is 11.1. The second-order valence-electron chi connectivity index (χ2n) is 8.02. The van der Waals surface area contributed by atoms with E-state index in [2.05, 4.69) is 21.3 Å². The lowest BCUT2D eigenvalue weighted by molar-refractivity contribution is -0.115. The number of carbonyl (C=O) groups is 2. The molecule has 0 atom stereocenters. The van der Waals surface area contributed by atoms with Gasteiger partial charge in [0.1, 0.15) is 17.2 Å². The summed E-state index contributed by atoms with van der Waals surface area (Å²) in [4.78, 5) is 21.5. The largest absolute Gasteiger partial charge is 0.495 e. The number of hydrogen-bond donors (Lipinski definition) is 4. The van der Waals surface area contributed by atoms with Gasteiger partial charge in [0.15, 0.2) is 0 Å². The van der Waals surface area contributed by atoms with Crippen molar-refractivity contribution in [1.29, 1.82) is 0 Å². The van der Waals surface area contributed by atoms with E-state index in [1.54, 1.807) is 26.4 Å². The lowest BCUT2D eigenvalue weighted by atomic mass is 10.2. The van der Waals surface area contributed by atoms with Gasteiger partial charge in [-0.3, -0.25) is 14.1 Å². The summed E-state index contributed by atoms with van der Waals surface area (Å²) in [6, 6.07) is 17.0. The van der Waals surface area contributed by atoms with E-state index in [9.17, 15) is 18.0 Å². The summed E-state index contributed by atoms with van der Waals surface area (Å²) in [5, 5.41) is 5.11. The number of para-hydroxylation sites is 2. The quantitative estimate of drug-likeness (QED) is 0.115. The fourth-order valence-electron chi connectivity index (χ4n) is 2.92. The van der Waals surface area contributed by atoms with Gasteiger partial charge in [-0.1, -0.05) is 25.6 Å². The Kier molecular flexibility index (Phi) is 22.3. The van der Waals surface area contributed by atoms with Gasteiger partial charge in [-0.25, -0.2) is 8.42 Å². The van der Waals surface area contributed by atoms with Crippen molar-refractivity contribution in [1.82, 2.24) is 0 Å². The van der Waals surface area contributed by atoms with Crippen molar-refractivity contribution < 1.29 is 45.2 Å². The molecule has 5 N–H and O–H groups in total. The molecular weight excluding hydrogens is 672 g/mol. The number of carbonyl (C=O) groups excluding carboxylic acids is 2. The first-order valence-corrected chi connectivity index (χ1v) is 16.3. The highest BCUT2D eigenvalue weighted by molar-refractivity contribution is 8.13. The molecule has 3 aromatic carbocycles. The third kappa shape index (κ3) is 20.8. The SMILES string of the molecule is C.COc1ccc(C)cc1N.COc1ccc(S(=O)(=O)Cl)cc1NC(C)=O.COc1ccccc1NC(C)=O.O=S(=O)(O)Cl.[B]. The Morgan fingerprint density at radius 2 is 1.18 bits per heavy atom. The molecule has 249 valence electrons. The third-order valence-electron chi connectivity index (χ3n) is 4.57. The first-order chi connectivity index (χ1) is 19.8. The predicted molar refractivity (Wildman–Crippen MR) is 180 cm³/mol. The summed E-state index contributed by atoms with van der Waals surface area (Å²) < 4.78 is 62.3. The van der Waals surface area contributed by atoms with Gasteiger partial charge in [0.2, 0.25) is 11.8 Å². The third-order valence-corrected chi connectivity index (χ3v) is 5.92. The monoisotopic (exact) mass is 708 g/mol. The molecule has 0 saturated heterocycles. The van der Waals surface area contributed by atoms with Crippen LogP contribution in [-0.2, 0) is 28.0 Å². The van der Waals surface area contributed by atoms with Crippen LogP contribution in [0.3, 0.4) is 0 Å². The molecule has 0 bridgehead atoms. The van der Waals surface area contributed by atoms with E-state index < -0.39 is 18.4 Å². The van der Waals surface area contributed by atoms with Crippen LogP contribution in [0, 0.1) is 6.92 Å². The van der Waals surface area contributed by atoms with Gasteiger partial charge in [0, 0.05) is 43.6 Å². The molecule has 0 spiro atoms. The van der Waals surface area contributed by atoms with Crippen molar-refractivity contribution in [2.45, 2.75) is 33.1 Å². The number of nitrogen functional groups attached to an aromatic ring is 1. The number of benzene rings is 3. The zero-order chi connectivity index (χ0) is 33.4. The number of nitrogens with one attached hydrogen (secondary N) is 2. The van der Waals surface area contributed by atoms with Crippen molar-refractivity contribution in [3.8, 4) is 17.2 Å². The molecule has 18 heteroatoms. The number of nitrogens with two attached hydrogens (primary N) is 1. The van der Waals surface area contributed by atoms with Crippen LogP contribution < -0.4 is 30.6 Å². The first-order valence-electron chi connectivity index (χ1n) is 11.7. The maximum atomic E-state index is 11.1. The highest BCUT2D eigenvalue weighted by Gasteiger charge is 2.14. The van der Waals surface area contributed by atoms with Crippen LogP contribution in [0.2, 0.25) is 0 Å². The van der Waals surface area contributed by atoms with Crippen LogP contribution >= 0.6 is 21.4 Å². The molecule has 3 aromatic rings. The van der Waals surface area contributed by atoms with E-state index in [1.165, 1.54) is 39.2 Å². The zero-order valence-corrected chi connectivity index (χ0v) is 27.8. The van der Waals surface area contributed by atoms with E-state index >= 15 is 0 Å².